The minimum absolute atomic E-state index is 0.178. The summed E-state index contributed by atoms with van der Waals surface area (Å²) >= 11 is 1.32. The zero-order chi connectivity index (χ0) is 14.4. The maximum Gasteiger partial charge on any atom is 0.328 e. The first-order chi connectivity index (χ1) is 9.65. The highest BCUT2D eigenvalue weighted by Crippen LogP contribution is 2.16. The SMILES string of the molecule is O=C(O)/C=C/c1cc(C(=O)NCCc2ncc[nH]2)cs1. The molecule has 0 radical (unpaired) electrons. The van der Waals surface area contributed by atoms with Crippen molar-refractivity contribution in [2.45, 2.75) is 6.42 Å². The van der Waals surface area contributed by atoms with E-state index in [2.05, 4.69) is 15.3 Å². The number of carbonyl (C=O) groups is 2. The molecule has 0 aliphatic carbocycles. The monoisotopic (exact) mass is 291 g/mol. The van der Waals surface area contributed by atoms with E-state index < -0.39 is 5.97 Å². The molecule has 0 aliphatic heterocycles. The summed E-state index contributed by atoms with van der Waals surface area (Å²) in [6.07, 6.45) is 6.54. The third-order valence-electron chi connectivity index (χ3n) is 2.47. The summed E-state index contributed by atoms with van der Waals surface area (Å²) in [5.74, 6) is -0.369. The Balaban J connectivity index is 1.84. The molecule has 2 aromatic heterocycles. The van der Waals surface area contributed by atoms with Crippen LogP contribution in [-0.4, -0.2) is 33.5 Å². The van der Waals surface area contributed by atoms with Gasteiger partial charge < -0.3 is 15.4 Å². The van der Waals surface area contributed by atoms with Gasteiger partial charge in [-0.15, -0.1) is 11.3 Å². The number of carbonyl (C=O) groups excluding carboxylic acids is 1. The molecule has 2 rings (SSSR count). The van der Waals surface area contributed by atoms with Gasteiger partial charge in [0.25, 0.3) is 5.91 Å². The van der Waals surface area contributed by atoms with Gasteiger partial charge in [-0.05, 0) is 12.1 Å². The normalized spacial score (nSPS) is 10.8. The van der Waals surface area contributed by atoms with Crippen molar-refractivity contribution in [3.8, 4) is 0 Å². The van der Waals surface area contributed by atoms with Crippen molar-refractivity contribution >= 4 is 29.3 Å². The molecule has 0 saturated carbocycles. The van der Waals surface area contributed by atoms with Crippen LogP contribution in [0.4, 0.5) is 0 Å². The molecule has 0 aromatic carbocycles. The number of aliphatic carboxylic acids is 1. The molecule has 0 spiro atoms. The summed E-state index contributed by atoms with van der Waals surface area (Å²) in [5, 5.41) is 13.0. The first-order valence-corrected chi connectivity index (χ1v) is 6.79. The van der Waals surface area contributed by atoms with Gasteiger partial charge >= 0.3 is 5.97 Å². The highest BCUT2D eigenvalue weighted by atomic mass is 32.1. The second kappa shape index (κ2) is 6.67. The first kappa shape index (κ1) is 14.0. The molecule has 6 nitrogen and oxygen atoms in total. The number of rotatable bonds is 6. The fraction of sp³-hybridized carbons (Fsp3) is 0.154. The molecule has 0 aliphatic rings. The second-order valence-corrected chi connectivity index (χ2v) is 4.89. The summed E-state index contributed by atoms with van der Waals surface area (Å²) in [5.41, 5.74) is 0.527. The van der Waals surface area contributed by atoms with Crippen LogP contribution in [0, 0.1) is 0 Å². The van der Waals surface area contributed by atoms with E-state index in [1.54, 1.807) is 23.8 Å². The average molecular weight is 291 g/mol. The highest BCUT2D eigenvalue weighted by molar-refractivity contribution is 7.11. The molecule has 7 heteroatoms. The Morgan fingerprint density at radius 2 is 2.35 bits per heavy atom. The summed E-state index contributed by atoms with van der Waals surface area (Å²) in [4.78, 5) is 30.0. The number of aromatic nitrogens is 2. The van der Waals surface area contributed by atoms with Crippen molar-refractivity contribution in [1.29, 1.82) is 0 Å². The number of thiophene rings is 1. The van der Waals surface area contributed by atoms with Crippen LogP contribution in [0.25, 0.3) is 6.08 Å². The molecule has 0 atom stereocenters. The van der Waals surface area contributed by atoms with Crippen LogP contribution in [0.15, 0.2) is 29.9 Å². The number of amides is 1. The Bertz CT molecular complexity index is 617. The van der Waals surface area contributed by atoms with Crippen LogP contribution in [0.1, 0.15) is 21.1 Å². The van der Waals surface area contributed by atoms with E-state index in [0.717, 1.165) is 16.8 Å². The molecular formula is C13H13N3O3S. The smallest absolute Gasteiger partial charge is 0.328 e. The van der Waals surface area contributed by atoms with Crippen LogP contribution in [0.3, 0.4) is 0 Å². The Morgan fingerprint density at radius 3 is 3.05 bits per heavy atom. The minimum Gasteiger partial charge on any atom is -0.478 e. The molecule has 0 bridgehead atoms. The molecule has 2 aromatic rings. The number of hydrogen-bond donors (Lipinski definition) is 3. The Morgan fingerprint density at radius 1 is 1.50 bits per heavy atom. The van der Waals surface area contributed by atoms with Gasteiger partial charge in [-0.3, -0.25) is 4.79 Å². The quantitative estimate of drug-likeness (QED) is 0.704. The summed E-state index contributed by atoms with van der Waals surface area (Å²) in [7, 11) is 0. The van der Waals surface area contributed by atoms with Crippen molar-refractivity contribution in [3.63, 3.8) is 0 Å². The number of carboxylic acids is 1. The molecule has 2 heterocycles. The van der Waals surface area contributed by atoms with Gasteiger partial charge in [-0.1, -0.05) is 0 Å². The van der Waals surface area contributed by atoms with Crippen molar-refractivity contribution in [2.75, 3.05) is 6.54 Å². The molecule has 1 amide bonds. The number of imidazole rings is 1. The molecule has 0 saturated heterocycles. The second-order valence-electron chi connectivity index (χ2n) is 3.95. The van der Waals surface area contributed by atoms with Crippen LogP contribution in [0.2, 0.25) is 0 Å². The van der Waals surface area contributed by atoms with E-state index in [1.165, 1.54) is 17.4 Å². The Hall–Kier alpha value is -2.41. The average Bonchev–Trinajstić information content (AvgIpc) is 3.07. The number of carboxylic acid groups (broad SMARTS) is 1. The van der Waals surface area contributed by atoms with E-state index in [4.69, 9.17) is 5.11 Å². The maximum atomic E-state index is 11.8. The number of nitrogens with zero attached hydrogens (tertiary/aromatic N) is 1. The number of nitrogens with one attached hydrogen (secondary N) is 2. The van der Waals surface area contributed by atoms with Crippen molar-refractivity contribution < 1.29 is 14.7 Å². The fourth-order valence-electron chi connectivity index (χ4n) is 1.54. The lowest BCUT2D eigenvalue weighted by atomic mass is 10.2. The summed E-state index contributed by atoms with van der Waals surface area (Å²) < 4.78 is 0. The molecule has 20 heavy (non-hydrogen) atoms. The lowest BCUT2D eigenvalue weighted by Crippen LogP contribution is -2.25. The van der Waals surface area contributed by atoms with Crippen LogP contribution < -0.4 is 5.32 Å². The topological polar surface area (TPSA) is 95.1 Å². The third kappa shape index (κ3) is 4.06. The van der Waals surface area contributed by atoms with Crippen molar-refractivity contribution in [2.24, 2.45) is 0 Å². The van der Waals surface area contributed by atoms with E-state index >= 15 is 0 Å². The Labute approximate surface area is 119 Å². The largest absolute Gasteiger partial charge is 0.478 e. The van der Waals surface area contributed by atoms with Gasteiger partial charge in [0.1, 0.15) is 5.82 Å². The van der Waals surface area contributed by atoms with Crippen LogP contribution in [0.5, 0.6) is 0 Å². The lowest BCUT2D eigenvalue weighted by Gasteiger charge is -2.01. The third-order valence-corrected chi connectivity index (χ3v) is 3.37. The number of H-pyrrole nitrogens is 1. The first-order valence-electron chi connectivity index (χ1n) is 5.91. The van der Waals surface area contributed by atoms with E-state index in [0.29, 0.717) is 18.5 Å². The maximum absolute atomic E-state index is 11.8. The van der Waals surface area contributed by atoms with Gasteiger partial charge in [0, 0.05) is 41.7 Å². The van der Waals surface area contributed by atoms with Gasteiger partial charge in [-0.2, -0.15) is 0 Å². The zero-order valence-corrected chi connectivity index (χ0v) is 11.3. The molecular weight excluding hydrogens is 278 g/mol. The molecule has 0 unspecified atom stereocenters. The summed E-state index contributed by atoms with van der Waals surface area (Å²) in [6, 6.07) is 1.66. The van der Waals surface area contributed by atoms with Gasteiger partial charge in [0.15, 0.2) is 0 Å². The van der Waals surface area contributed by atoms with Crippen LogP contribution >= 0.6 is 11.3 Å². The van der Waals surface area contributed by atoms with E-state index in [-0.39, 0.29) is 5.91 Å². The van der Waals surface area contributed by atoms with Crippen LogP contribution in [-0.2, 0) is 11.2 Å². The number of hydrogen-bond acceptors (Lipinski definition) is 4. The van der Waals surface area contributed by atoms with Crippen molar-refractivity contribution in [1.82, 2.24) is 15.3 Å². The van der Waals surface area contributed by atoms with Gasteiger partial charge in [0.2, 0.25) is 0 Å². The molecule has 0 fully saturated rings. The molecule has 104 valence electrons. The van der Waals surface area contributed by atoms with Gasteiger partial charge in [-0.25, -0.2) is 9.78 Å². The Kier molecular flexibility index (Phi) is 4.67. The number of aromatic amines is 1. The van der Waals surface area contributed by atoms with Gasteiger partial charge in [0.05, 0.1) is 5.56 Å². The minimum atomic E-state index is -1.01. The predicted octanol–water partition coefficient (Wildman–Crippen LogP) is 1.54. The highest BCUT2D eigenvalue weighted by Gasteiger charge is 2.07. The van der Waals surface area contributed by atoms with E-state index in [9.17, 15) is 9.59 Å². The lowest BCUT2D eigenvalue weighted by molar-refractivity contribution is -0.131. The molecule has 3 N–H and O–H groups in total. The standard InChI is InChI=1S/C13H13N3O3S/c17-12(18)2-1-10-7-9(8-20-10)13(19)16-4-3-11-14-5-6-15-11/h1-2,5-8H,3-4H2,(H,14,15)(H,16,19)(H,17,18)/b2-1+. The summed E-state index contributed by atoms with van der Waals surface area (Å²) in [6.45, 7) is 0.489. The van der Waals surface area contributed by atoms with E-state index in [1.807, 2.05) is 0 Å². The predicted molar refractivity (Wildman–Crippen MR) is 75.6 cm³/mol. The zero-order valence-electron chi connectivity index (χ0n) is 10.5. The fourth-order valence-corrected chi connectivity index (χ4v) is 2.32. The van der Waals surface area contributed by atoms with Crippen molar-refractivity contribution in [3.05, 3.63) is 46.2 Å².